The molecule has 5 nitrogen and oxygen atoms in total. The van der Waals surface area contributed by atoms with E-state index in [1.165, 1.54) is 6.26 Å². The molecule has 0 bridgehead atoms. The first-order chi connectivity index (χ1) is 10.4. The summed E-state index contributed by atoms with van der Waals surface area (Å²) in [6.45, 7) is 0.551. The van der Waals surface area contributed by atoms with Crippen molar-refractivity contribution in [3.05, 3.63) is 59.1 Å². The number of anilines is 1. The lowest BCUT2D eigenvalue weighted by atomic mass is 10.1. The van der Waals surface area contributed by atoms with Crippen LogP contribution in [0.15, 0.2) is 63.8 Å². The number of sulfone groups is 1. The highest BCUT2D eigenvalue weighted by Crippen LogP contribution is 2.33. The molecule has 1 aliphatic rings. The second-order valence-electron chi connectivity index (χ2n) is 5.09. The fourth-order valence-electron chi connectivity index (χ4n) is 2.33. The van der Waals surface area contributed by atoms with Gasteiger partial charge in [-0.25, -0.2) is 13.4 Å². The highest BCUT2D eigenvalue weighted by Gasteiger charge is 2.25. The molecule has 22 heavy (non-hydrogen) atoms. The SMILES string of the molecule is CS(=O)(=O)c1ccc(N2N=NCC2c2ccc(Cl)cc2)cc1. The van der Waals surface area contributed by atoms with Gasteiger partial charge in [-0.1, -0.05) is 29.0 Å². The van der Waals surface area contributed by atoms with Gasteiger partial charge in [0.15, 0.2) is 9.84 Å². The molecule has 0 saturated carbocycles. The quantitative estimate of drug-likeness (QED) is 0.859. The summed E-state index contributed by atoms with van der Waals surface area (Å²) in [6.07, 6.45) is 1.19. The third-order valence-electron chi connectivity index (χ3n) is 3.49. The largest absolute Gasteiger partial charge is 0.238 e. The normalized spacial score (nSPS) is 17.9. The lowest BCUT2D eigenvalue weighted by molar-refractivity contribution is 0.602. The van der Waals surface area contributed by atoms with Crippen LogP contribution < -0.4 is 5.01 Å². The zero-order chi connectivity index (χ0) is 15.7. The molecule has 0 spiro atoms. The molecule has 1 atom stereocenters. The lowest BCUT2D eigenvalue weighted by Gasteiger charge is -2.22. The van der Waals surface area contributed by atoms with Crippen molar-refractivity contribution < 1.29 is 8.42 Å². The van der Waals surface area contributed by atoms with Gasteiger partial charge in [-0.3, -0.25) is 0 Å². The van der Waals surface area contributed by atoms with E-state index < -0.39 is 9.84 Å². The van der Waals surface area contributed by atoms with E-state index in [0.717, 1.165) is 11.3 Å². The van der Waals surface area contributed by atoms with Gasteiger partial charge in [-0.05, 0) is 42.0 Å². The maximum Gasteiger partial charge on any atom is 0.175 e. The van der Waals surface area contributed by atoms with Gasteiger partial charge < -0.3 is 0 Å². The van der Waals surface area contributed by atoms with Crippen molar-refractivity contribution >= 4 is 27.1 Å². The van der Waals surface area contributed by atoms with E-state index in [1.807, 2.05) is 24.3 Å². The van der Waals surface area contributed by atoms with Gasteiger partial charge in [0, 0.05) is 11.3 Å². The number of halogens is 1. The van der Waals surface area contributed by atoms with Gasteiger partial charge in [0.2, 0.25) is 0 Å². The van der Waals surface area contributed by atoms with Crippen LogP contribution in [-0.4, -0.2) is 21.2 Å². The van der Waals surface area contributed by atoms with Crippen LogP contribution in [-0.2, 0) is 9.84 Å². The summed E-state index contributed by atoms with van der Waals surface area (Å²) in [6, 6.07) is 14.2. The Morgan fingerprint density at radius 1 is 1.09 bits per heavy atom. The maximum atomic E-state index is 11.5. The summed E-state index contributed by atoms with van der Waals surface area (Å²) >= 11 is 5.91. The second-order valence-corrected chi connectivity index (χ2v) is 7.54. The molecule has 0 fully saturated rings. The molecule has 1 heterocycles. The fourth-order valence-corrected chi connectivity index (χ4v) is 3.09. The zero-order valence-corrected chi connectivity index (χ0v) is 13.4. The molecule has 0 aromatic heterocycles. The predicted molar refractivity (Wildman–Crippen MR) is 85.9 cm³/mol. The second kappa shape index (κ2) is 5.70. The Morgan fingerprint density at radius 2 is 1.73 bits per heavy atom. The first-order valence-electron chi connectivity index (χ1n) is 6.67. The Balaban J connectivity index is 1.90. The molecule has 0 N–H and O–H groups in total. The average Bonchev–Trinajstić information content (AvgIpc) is 2.97. The number of hydrogen-bond acceptors (Lipinski definition) is 5. The molecular weight excluding hydrogens is 322 g/mol. The molecule has 0 radical (unpaired) electrons. The third-order valence-corrected chi connectivity index (χ3v) is 4.87. The Bertz CT molecular complexity index is 802. The van der Waals surface area contributed by atoms with Crippen LogP contribution in [0.1, 0.15) is 11.6 Å². The van der Waals surface area contributed by atoms with Crippen molar-refractivity contribution in [3.63, 3.8) is 0 Å². The van der Waals surface area contributed by atoms with E-state index in [4.69, 9.17) is 11.6 Å². The molecule has 0 amide bonds. The molecule has 2 aromatic rings. The van der Waals surface area contributed by atoms with Crippen LogP contribution in [0.25, 0.3) is 0 Å². The minimum Gasteiger partial charge on any atom is -0.238 e. The summed E-state index contributed by atoms with van der Waals surface area (Å²) in [4.78, 5) is 0.287. The van der Waals surface area contributed by atoms with Crippen molar-refractivity contribution in [2.75, 3.05) is 17.8 Å². The van der Waals surface area contributed by atoms with Gasteiger partial charge in [-0.2, -0.15) is 5.11 Å². The summed E-state index contributed by atoms with van der Waals surface area (Å²) in [5.41, 5.74) is 1.86. The average molecular weight is 336 g/mol. The third kappa shape index (κ3) is 2.98. The number of nitrogens with zero attached hydrogens (tertiary/aromatic N) is 3. The van der Waals surface area contributed by atoms with Crippen molar-refractivity contribution in [1.29, 1.82) is 0 Å². The van der Waals surface area contributed by atoms with Crippen LogP contribution in [0.5, 0.6) is 0 Å². The zero-order valence-electron chi connectivity index (χ0n) is 11.8. The molecule has 1 aliphatic heterocycles. The van der Waals surface area contributed by atoms with E-state index in [-0.39, 0.29) is 10.9 Å². The monoisotopic (exact) mass is 335 g/mol. The number of rotatable bonds is 3. The van der Waals surface area contributed by atoms with E-state index in [2.05, 4.69) is 10.3 Å². The highest BCUT2D eigenvalue weighted by atomic mass is 35.5. The Morgan fingerprint density at radius 3 is 2.32 bits per heavy atom. The molecule has 0 saturated heterocycles. The Hall–Kier alpha value is -1.92. The minimum atomic E-state index is -3.20. The molecule has 2 aromatic carbocycles. The number of hydrogen-bond donors (Lipinski definition) is 0. The lowest BCUT2D eigenvalue weighted by Crippen LogP contribution is -2.20. The minimum absolute atomic E-state index is 0.0126. The predicted octanol–water partition coefficient (Wildman–Crippen LogP) is 3.67. The Kier molecular flexibility index (Phi) is 3.88. The number of benzene rings is 2. The first-order valence-corrected chi connectivity index (χ1v) is 8.94. The fraction of sp³-hybridized carbons (Fsp3) is 0.200. The molecule has 1 unspecified atom stereocenters. The van der Waals surface area contributed by atoms with E-state index in [1.54, 1.807) is 29.3 Å². The summed E-state index contributed by atoms with van der Waals surface area (Å²) in [5, 5.41) is 10.7. The molecule has 0 aliphatic carbocycles. The van der Waals surface area contributed by atoms with E-state index in [0.29, 0.717) is 11.6 Å². The maximum absolute atomic E-state index is 11.5. The first kappa shape index (κ1) is 15.0. The standard InChI is InChI=1S/C15H14ClN3O2S/c1-22(20,21)14-8-6-13(7-9-14)19-15(10-17-18-19)11-2-4-12(16)5-3-11/h2-9,15H,10H2,1H3. The molecular formula is C15H14ClN3O2S. The van der Waals surface area contributed by atoms with Crippen molar-refractivity contribution in [2.24, 2.45) is 10.3 Å². The smallest absolute Gasteiger partial charge is 0.175 e. The van der Waals surface area contributed by atoms with Crippen LogP contribution in [0, 0.1) is 0 Å². The van der Waals surface area contributed by atoms with Crippen LogP contribution in [0.2, 0.25) is 5.02 Å². The van der Waals surface area contributed by atoms with Gasteiger partial charge in [0.25, 0.3) is 0 Å². The summed E-state index contributed by atoms with van der Waals surface area (Å²) < 4.78 is 23.0. The van der Waals surface area contributed by atoms with E-state index in [9.17, 15) is 8.42 Å². The highest BCUT2D eigenvalue weighted by molar-refractivity contribution is 7.90. The Labute approximate surface area is 134 Å². The van der Waals surface area contributed by atoms with Gasteiger partial charge in [0.1, 0.15) is 6.04 Å². The topological polar surface area (TPSA) is 62.1 Å². The van der Waals surface area contributed by atoms with Crippen LogP contribution in [0.4, 0.5) is 5.69 Å². The molecule has 3 rings (SSSR count). The van der Waals surface area contributed by atoms with Crippen LogP contribution in [0.3, 0.4) is 0 Å². The van der Waals surface area contributed by atoms with Gasteiger partial charge >= 0.3 is 0 Å². The molecule has 7 heteroatoms. The van der Waals surface area contributed by atoms with Crippen molar-refractivity contribution in [1.82, 2.24) is 0 Å². The molecule has 114 valence electrons. The van der Waals surface area contributed by atoms with Gasteiger partial charge in [-0.15, -0.1) is 0 Å². The summed E-state index contributed by atoms with van der Waals surface area (Å²) in [7, 11) is -3.20. The summed E-state index contributed by atoms with van der Waals surface area (Å²) in [5.74, 6) is 0. The van der Waals surface area contributed by atoms with Gasteiger partial charge in [0.05, 0.1) is 17.1 Å². The van der Waals surface area contributed by atoms with Crippen molar-refractivity contribution in [2.45, 2.75) is 10.9 Å². The van der Waals surface area contributed by atoms with E-state index >= 15 is 0 Å². The van der Waals surface area contributed by atoms with Crippen molar-refractivity contribution in [3.8, 4) is 0 Å². The van der Waals surface area contributed by atoms with Crippen LogP contribution >= 0.6 is 11.6 Å².